The van der Waals surface area contributed by atoms with Crippen LogP contribution in [0.15, 0.2) is 39.4 Å². The van der Waals surface area contributed by atoms with Crippen LogP contribution >= 0.6 is 15.9 Å². The van der Waals surface area contributed by atoms with Crippen LogP contribution in [0.5, 0.6) is 0 Å². The van der Waals surface area contributed by atoms with Crippen LogP contribution in [-0.4, -0.2) is 23.6 Å². The molecule has 118 valence electrons. The van der Waals surface area contributed by atoms with E-state index in [-0.39, 0.29) is 6.10 Å². The van der Waals surface area contributed by atoms with Gasteiger partial charge in [0.2, 0.25) is 11.7 Å². The Bertz CT molecular complexity index is 842. The summed E-state index contributed by atoms with van der Waals surface area (Å²) in [5.41, 5.74) is 3.51. The molecular formula is C17H16BrN3O2. The van der Waals surface area contributed by atoms with Gasteiger partial charge in [-0.3, -0.25) is 0 Å². The quantitative estimate of drug-likeness (QED) is 0.729. The van der Waals surface area contributed by atoms with Crippen molar-refractivity contribution in [3.8, 4) is 11.1 Å². The van der Waals surface area contributed by atoms with Crippen LogP contribution in [0.3, 0.4) is 0 Å². The van der Waals surface area contributed by atoms with Crippen LogP contribution in [0.4, 0.5) is 5.95 Å². The second-order valence-electron chi connectivity index (χ2n) is 5.48. The van der Waals surface area contributed by atoms with Crippen molar-refractivity contribution in [2.75, 3.05) is 19.0 Å². The minimum Gasteiger partial charge on any atom is -0.430 e. The highest BCUT2D eigenvalue weighted by Gasteiger charge is 2.28. The molecule has 1 unspecified atom stereocenters. The van der Waals surface area contributed by atoms with Gasteiger partial charge in [0, 0.05) is 19.2 Å². The van der Waals surface area contributed by atoms with Crippen LogP contribution in [0.25, 0.3) is 22.2 Å². The Balaban J connectivity index is 2.01. The van der Waals surface area contributed by atoms with Gasteiger partial charge in [0.1, 0.15) is 6.10 Å². The Morgan fingerprint density at radius 2 is 2.04 bits per heavy atom. The van der Waals surface area contributed by atoms with E-state index in [2.05, 4.69) is 43.3 Å². The molecule has 1 saturated heterocycles. The Morgan fingerprint density at radius 3 is 2.74 bits per heavy atom. The molecule has 1 fully saturated rings. The lowest BCUT2D eigenvalue weighted by atomic mass is 10.0. The average Bonchev–Trinajstić information content (AvgIpc) is 3.21. The minimum atomic E-state index is -0.0143. The first-order valence-electron chi connectivity index (χ1n) is 7.62. The van der Waals surface area contributed by atoms with Gasteiger partial charge < -0.3 is 14.5 Å². The molecule has 4 rings (SSSR count). The summed E-state index contributed by atoms with van der Waals surface area (Å²) in [6.07, 6.45) is 2.00. The fourth-order valence-electron chi connectivity index (χ4n) is 3.00. The van der Waals surface area contributed by atoms with E-state index in [0.717, 1.165) is 41.7 Å². The molecule has 6 heteroatoms. The molecule has 1 N–H and O–H groups in total. The first-order chi connectivity index (χ1) is 11.3. The van der Waals surface area contributed by atoms with Crippen LogP contribution in [0.2, 0.25) is 0 Å². The summed E-state index contributed by atoms with van der Waals surface area (Å²) in [6.45, 7) is 0.769. The van der Waals surface area contributed by atoms with Gasteiger partial charge in [-0.2, -0.15) is 4.98 Å². The summed E-state index contributed by atoms with van der Waals surface area (Å²) in [6, 6.07) is 10.1. The molecule has 5 nitrogen and oxygen atoms in total. The molecule has 1 aliphatic rings. The maximum absolute atomic E-state index is 5.87. The molecule has 0 aliphatic carbocycles. The highest BCUT2D eigenvalue weighted by atomic mass is 79.9. The Kier molecular flexibility index (Phi) is 3.79. The van der Waals surface area contributed by atoms with Crippen molar-refractivity contribution < 1.29 is 9.15 Å². The van der Waals surface area contributed by atoms with E-state index in [1.807, 2.05) is 18.2 Å². The molecule has 2 aromatic heterocycles. The topological polar surface area (TPSA) is 60.2 Å². The zero-order valence-electron chi connectivity index (χ0n) is 12.7. The van der Waals surface area contributed by atoms with Gasteiger partial charge in [0.15, 0.2) is 4.67 Å². The van der Waals surface area contributed by atoms with E-state index < -0.39 is 0 Å². The lowest BCUT2D eigenvalue weighted by molar-refractivity contribution is 0.110. The number of hydrogen-bond donors (Lipinski definition) is 1. The van der Waals surface area contributed by atoms with Gasteiger partial charge in [-0.15, -0.1) is 0 Å². The monoisotopic (exact) mass is 373 g/mol. The molecule has 0 radical (unpaired) electrons. The van der Waals surface area contributed by atoms with Crippen molar-refractivity contribution >= 4 is 33.0 Å². The molecule has 1 atom stereocenters. The first-order valence-corrected chi connectivity index (χ1v) is 8.42. The molecule has 23 heavy (non-hydrogen) atoms. The lowest BCUT2D eigenvalue weighted by Crippen LogP contribution is -2.05. The largest absolute Gasteiger partial charge is 0.430 e. The standard InChI is InChI=1S/C17H16BrN3O2/c1-19-17-20-14(11-8-5-9-22-11)13-12(10-6-3-2-4-7-10)15(18)23-16(13)21-17/h2-4,6-7,11H,5,8-9H2,1H3,(H,19,20,21). The van der Waals surface area contributed by atoms with Crippen LogP contribution < -0.4 is 5.32 Å². The molecule has 0 amide bonds. The van der Waals surface area contributed by atoms with Crippen LogP contribution in [0, 0.1) is 0 Å². The van der Waals surface area contributed by atoms with Gasteiger partial charge in [-0.1, -0.05) is 30.3 Å². The van der Waals surface area contributed by atoms with Gasteiger partial charge in [-0.25, -0.2) is 4.98 Å². The van der Waals surface area contributed by atoms with E-state index >= 15 is 0 Å². The minimum absolute atomic E-state index is 0.0143. The maximum atomic E-state index is 5.87. The summed E-state index contributed by atoms with van der Waals surface area (Å²) in [7, 11) is 1.80. The van der Waals surface area contributed by atoms with Crippen molar-refractivity contribution in [3.63, 3.8) is 0 Å². The summed E-state index contributed by atoms with van der Waals surface area (Å²) < 4.78 is 12.4. The Morgan fingerprint density at radius 1 is 1.22 bits per heavy atom. The molecule has 0 spiro atoms. The predicted molar refractivity (Wildman–Crippen MR) is 92.4 cm³/mol. The highest BCUT2D eigenvalue weighted by molar-refractivity contribution is 9.10. The van der Waals surface area contributed by atoms with Crippen molar-refractivity contribution in [3.05, 3.63) is 40.7 Å². The first kappa shape index (κ1) is 14.7. The zero-order chi connectivity index (χ0) is 15.8. The third-order valence-electron chi connectivity index (χ3n) is 4.06. The fraction of sp³-hybridized carbons (Fsp3) is 0.294. The number of hydrogen-bond acceptors (Lipinski definition) is 5. The number of benzene rings is 1. The van der Waals surface area contributed by atoms with E-state index in [0.29, 0.717) is 16.3 Å². The number of aromatic nitrogens is 2. The molecular weight excluding hydrogens is 358 g/mol. The van der Waals surface area contributed by atoms with Crippen molar-refractivity contribution in [1.29, 1.82) is 0 Å². The van der Waals surface area contributed by atoms with E-state index in [1.54, 1.807) is 7.05 Å². The van der Waals surface area contributed by atoms with Gasteiger partial charge in [0.05, 0.1) is 11.1 Å². The molecule has 0 bridgehead atoms. The fourth-order valence-corrected chi connectivity index (χ4v) is 3.58. The number of anilines is 1. The van der Waals surface area contributed by atoms with Crippen molar-refractivity contribution in [2.45, 2.75) is 18.9 Å². The molecule has 1 aromatic carbocycles. The second-order valence-corrected chi connectivity index (χ2v) is 6.20. The average molecular weight is 374 g/mol. The van der Waals surface area contributed by atoms with Crippen LogP contribution in [0.1, 0.15) is 24.6 Å². The Hall–Kier alpha value is -1.92. The predicted octanol–water partition coefficient (Wildman–Crippen LogP) is 4.55. The van der Waals surface area contributed by atoms with Gasteiger partial charge >= 0.3 is 0 Å². The summed E-state index contributed by atoms with van der Waals surface area (Å²) in [5.74, 6) is 0.545. The lowest BCUT2D eigenvalue weighted by Gasteiger charge is -2.12. The number of furan rings is 1. The number of ether oxygens (including phenoxy) is 1. The summed E-state index contributed by atoms with van der Waals surface area (Å²) in [5, 5.41) is 3.92. The second kappa shape index (κ2) is 5.94. The third-order valence-corrected chi connectivity index (χ3v) is 4.62. The summed E-state index contributed by atoms with van der Waals surface area (Å²) in [4.78, 5) is 9.13. The zero-order valence-corrected chi connectivity index (χ0v) is 14.3. The van der Waals surface area contributed by atoms with Gasteiger partial charge in [0.25, 0.3) is 0 Å². The third kappa shape index (κ3) is 2.52. The molecule has 0 saturated carbocycles. The van der Waals surface area contributed by atoms with E-state index in [9.17, 15) is 0 Å². The number of nitrogens with zero attached hydrogens (tertiary/aromatic N) is 2. The van der Waals surface area contributed by atoms with Crippen molar-refractivity contribution in [2.24, 2.45) is 0 Å². The number of fused-ring (bicyclic) bond motifs is 1. The molecule has 1 aliphatic heterocycles. The SMILES string of the molecule is CNc1nc(C2CCCO2)c2c(-c3ccccc3)c(Br)oc2n1. The van der Waals surface area contributed by atoms with Crippen LogP contribution in [-0.2, 0) is 4.74 Å². The van der Waals surface area contributed by atoms with E-state index in [4.69, 9.17) is 9.15 Å². The normalized spacial score (nSPS) is 17.7. The van der Waals surface area contributed by atoms with E-state index in [1.165, 1.54) is 0 Å². The van der Waals surface area contributed by atoms with Crippen molar-refractivity contribution in [1.82, 2.24) is 9.97 Å². The van der Waals surface area contributed by atoms with Gasteiger partial charge in [-0.05, 0) is 34.3 Å². The number of halogens is 1. The summed E-state index contributed by atoms with van der Waals surface area (Å²) >= 11 is 3.54. The smallest absolute Gasteiger partial charge is 0.233 e. The molecule has 3 heterocycles. The number of rotatable bonds is 3. The number of nitrogens with one attached hydrogen (secondary N) is 1. The highest BCUT2D eigenvalue weighted by Crippen LogP contribution is 2.42. The molecule has 3 aromatic rings. The maximum Gasteiger partial charge on any atom is 0.233 e. The Labute approximate surface area is 142 Å².